The number of hydrogen-bond donors (Lipinski definition) is 1. The van der Waals surface area contributed by atoms with Gasteiger partial charge in [0.2, 0.25) is 0 Å². The molecule has 1 aromatic rings. The summed E-state index contributed by atoms with van der Waals surface area (Å²) in [6.45, 7) is 0.574. The quantitative estimate of drug-likeness (QED) is 0.840. The van der Waals surface area contributed by atoms with Crippen LogP contribution in [0.3, 0.4) is 0 Å². The third-order valence-corrected chi connectivity index (χ3v) is 5.47. The maximum atomic E-state index is 9.94. The van der Waals surface area contributed by atoms with E-state index in [0.29, 0.717) is 22.7 Å². The first-order chi connectivity index (χ1) is 12.0. The summed E-state index contributed by atoms with van der Waals surface area (Å²) in [6, 6.07) is 12.6. The van der Waals surface area contributed by atoms with Gasteiger partial charge >= 0.3 is 0 Å². The van der Waals surface area contributed by atoms with Crippen LogP contribution < -0.4 is 5.73 Å². The van der Waals surface area contributed by atoms with E-state index in [-0.39, 0.29) is 5.92 Å². The SMILES string of the molecule is CN1C=CC2=C(C#N)C(N)C(C#N)(C#N)C(c3ccccc3Cl)C2C1. The summed E-state index contributed by atoms with van der Waals surface area (Å²) in [4.78, 5) is 1.98. The van der Waals surface area contributed by atoms with Crippen LogP contribution in [0.25, 0.3) is 0 Å². The average molecular weight is 350 g/mol. The van der Waals surface area contributed by atoms with Gasteiger partial charge in [0, 0.05) is 30.5 Å². The Balaban J connectivity index is 2.35. The predicted octanol–water partition coefficient (Wildman–Crippen LogP) is 2.69. The van der Waals surface area contributed by atoms with Crippen LogP contribution in [0.15, 0.2) is 47.7 Å². The summed E-state index contributed by atoms with van der Waals surface area (Å²) in [5.41, 5.74) is 6.54. The van der Waals surface area contributed by atoms with Crippen molar-refractivity contribution in [1.29, 1.82) is 15.8 Å². The molecular weight excluding hydrogens is 334 g/mol. The lowest BCUT2D eigenvalue weighted by molar-refractivity contribution is 0.230. The molecule has 2 aliphatic rings. The molecule has 3 atom stereocenters. The second-order valence-electron chi connectivity index (χ2n) is 6.41. The largest absolute Gasteiger partial charge is 0.380 e. The molecule has 5 nitrogen and oxygen atoms in total. The van der Waals surface area contributed by atoms with Gasteiger partial charge in [0.25, 0.3) is 0 Å². The maximum Gasteiger partial charge on any atom is 0.171 e. The number of halogens is 1. The molecule has 0 saturated heterocycles. The van der Waals surface area contributed by atoms with Crippen LogP contribution in [-0.4, -0.2) is 24.5 Å². The highest BCUT2D eigenvalue weighted by Crippen LogP contribution is 2.53. The molecule has 1 aliphatic carbocycles. The Morgan fingerprint density at radius 3 is 2.52 bits per heavy atom. The molecule has 1 heterocycles. The van der Waals surface area contributed by atoms with Crippen molar-refractivity contribution in [2.75, 3.05) is 13.6 Å². The maximum absolute atomic E-state index is 9.94. The lowest BCUT2D eigenvalue weighted by Gasteiger charge is -2.46. The second kappa shape index (κ2) is 6.26. The fraction of sp³-hybridized carbons (Fsp3) is 0.316. The van der Waals surface area contributed by atoms with Crippen LogP contribution in [-0.2, 0) is 0 Å². The van der Waals surface area contributed by atoms with Crippen LogP contribution in [0.5, 0.6) is 0 Å². The number of rotatable bonds is 1. The molecule has 0 fully saturated rings. The van der Waals surface area contributed by atoms with Crippen molar-refractivity contribution in [2.24, 2.45) is 17.1 Å². The zero-order valence-electron chi connectivity index (χ0n) is 13.6. The first-order valence-corrected chi connectivity index (χ1v) is 8.23. The van der Waals surface area contributed by atoms with E-state index >= 15 is 0 Å². The Hall–Kier alpha value is -2.78. The monoisotopic (exact) mass is 349 g/mol. The van der Waals surface area contributed by atoms with Gasteiger partial charge in [0.1, 0.15) is 0 Å². The van der Waals surface area contributed by atoms with Crippen molar-refractivity contribution >= 4 is 11.6 Å². The molecule has 0 saturated carbocycles. The highest BCUT2D eigenvalue weighted by molar-refractivity contribution is 6.31. The van der Waals surface area contributed by atoms with E-state index in [1.807, 2.05) is 36.4 Å². The van der Waals surface area contributed by atoms with Gasteiger partial charge in [-0.2, -0.15) is 15.8 Å². The van der Waals surface area contributed by atoms with E-state index in [9.17, 15) is 15.8 Å². The number of benzene rings is 1. The molecule has 0 bridgehead atoms. The second-order valence-corrected chi connectivity index (χ2v) is 6.82. The smallest absolute Gasteiger partial charge is 0.171 e. The molecule has 3 unspecified atom stereocenters. The van der Waals surface area contributed by atoms with E-state index in [1.54, 1.807) is 12.1 Å². The molecule has 1 aromatic carbocycles. The molecule has 25 heavy (non-hydrogen) atoms. The standard InChI is InChI=1S/C19H16ClN5/c1-25-7-6-12-14(8-21)18(24)19(10-22,11-23)17(15(12)9-25)13-4-2-3-5-16(13)20/h2-7,15,17-18H,9,24H2,1H3. The summed E-state index contributed by atoms with van der Waals surface area (Å²) < 4.78 is 0. The minimum Gasteiger partial charge on any atom is -0.380 e. The lowest BCUT2D eigenvalue weighted by atomic mass is 9.56. The van der Waals surface area contributed by atoms with Gasteiger partial charge in [-0.3, -0.25) is 0 Å². The molecule has 1 aliphatic heterocycles. The van der Waals surface area contributed by atoms with Gasteiger partial charge in [0.15, 0.2) is 5.41 Å². The zero-order chi connectivity index (χ0) is 18.2. The number of fused-ring (bicyclic) bond motifs is 1. The summed E-state index contributed by atoms with van der Waals surface area (Å²) in [5.74, 6) is -0.741. The number of nitriles is 3. The minimum atomic E-state index is -1.56. The van der Waals surface area contributed by atoms with E-state index in [4.69, 9.17) is 17.3 Å². The highest BCUT2D eigenvalue weighted by atomic mass is 35.5. The molecule has 124 valence electrons. The first kappa shape index (κ1) is 17.1. The predicted molar refractivity (Wildman–Crippen MR) is 93.7 cm³/mol. The van der Waals surface area contributed by atoms with Crippen molar-refractivity contribution in [3.05, 3.63) is 58.3 Å². The van der Waals surface area contributed by atoms with Gasteiger partial charge in [-0.15, -0.1) is 0 Å². The Bertz CT molecular complexity index is 882. The van der Waals surface area contributed by atoms with E-state index in [0.717, 1.165) is 5.57 Å². The van der Waals surface area contributed by atoms with Gasteiger partial charge in [-0.05, 0) is 29.5 Å². The van der Waals surface area contributed by atoms with E-state index in [1.165, 1.54) is 0 Å². The van der Waals surface area contributed by atoms with Gasteiger partial charge in [-0.25, -0.2) is 0 Å². The number of allylic oxidation sites excluding steroid dienone is 1. The highest BCUT2D eigenvalue weighted by Gasteiger charge is 2.56. The fourth-order valence-electron chi connectivity index (χ4n) is 3.92. The summed E-state index contributed by atoms with van der Waals surface area (Å²) in [5, 5.41) is 30.0. The average Bonchev–Trinajstić information content (AvgIpc) is 2.62. The Kier molecular flexibility index (Phi) is 4.27. The lowest BCUT2D eigenvalue weighted by Crippen LogP contribution is -2.53. The van der Waals surface area contributed by atoms with Crippen molar-refractivity contribution in [1.82, 2.24) is 4.90 Å². The van der Waals surface area contributed by atoms with E-state index < -0.39 is 17.4 Å². The van der Waals surface area contributed by atoms with Crippen molar-refractivity contribution in [3.8, 4) is 18.2 Å². The summed E-state index contributed by atoms with van der Waals surface area (Å²) in [7, 11) is 1.91. The minimum absolute atomic E-state index is 0.219. The molecule has 0 aromatic heterocycles. The molecule has 0 radical (unpaired) electrons. The number of nitrogens with two attached hydrogens (primary N) is 1. The van der Waals surface area contributed by atoms with Crippen LogP contribution >= 0.6 is 11.6 Å². The van der Waals surface area contributed by atoms with Crippen molar-refractivity contribution in [3.63, 3.8) is 0 Å². The third kappa shape index (κ3) is 2.39. The normalized spacial score (nSPS) is 27.0. The molecule has 0 amide bonds. The summed E-state index contributed by atoms with van der Waals surface area (Å²) >= 11 is 6.41. The summed E-state index contributed by atoms with van der Waals surface area (Å²) in [6.07, 6.45) is 3.74. The van der Waals surface area contributed by atoms with Crippen LogP contribution in [0.4, 0.5) is 0 Å². The Morgan fingerprint density at radius 2 is 1.92 bits per heavy atom. The fourth-order valence-corrected chi connectivity index (χ4v) is 4.17. The number of nitrogens with zero attached hydrogens (tertiary/aromatic N) is 4. The molecule has 3 rings (SSSR count). The number of hydrogen-bond acceptors (Lipinski definition) is 5. The Morgan fingerprint density at radius 1 is 1.24 bits per heavy atom. The Labute approximate surface area is 151 Å². The van der Waals surface area contributed by atoms with Crippen molar-refractivity contribution in [2.45, 2.75) is 12.0 Å². The van der Waals surface area contributed by atoms with E-state index in [2.05, 4.69) is 18.2 Å². The third-order valence-electron chi connectivity index (χ3n) is 5.13. The van der Waals surface area contributed by atoms with Gasteiger partial charge < -0.3 is 10.6 Å². The van der Waals surface area contributed by atoms with Crippen molar-refractivity contribution < 1.29 is 0 Å². The first-order valence-electron chi connectivity index (χ1n) is 7.85. The zero-order valence-corrected chi connectivity index (χ0v) is 14.4. The molecular formula is C19H16ClN5. The molecule has 0 spiro atoms. The van der Waals surface area contributed by atoms with Crippen LogP contribution in [0.1, 0.15) is 11.5 Å². The van der Waals surface area contributed by atoms with Crippen LogP contribution in [0, 0.1) is 45.3 Å². The molecule has 6 heteroatoms. The topological polar surface area (TPSA) is 101 Å². The van der Waals surface area contributed by atoms with Gasteiger partial charge in [0.05, 0.1) is 29.8 Å². The van der Waals surface area contributed by atoms with Crippen LogP contribution in [0.2, 0.25) is 5.02 Å². The van der Waals surface area contributed by atoms with Gasteiger partial charge in [-0.1, -0.05) is 29.8 Å². The molecule has 2 N–H and O–H groups in total.